The second-order valence-corrected chi connectivity index (χ2v) is 5.73. The van der Waals surface area contributed by atoms with E-state index in [-0.39, 0.29) is 12.5 Å². The van der Waals surface area contributed by atoms with Gasteiger partial charge in [0, 0.05) is 30.6 Å². The third-order valence-electron chi connectivity index (χ3n) is 3.95. The van der Waals surface area contributed by atoms with E-state index >= 15 is 0 Å². The first-order valence-electron chi connectivity index (χ1n) is 8.29. The number of rotatable bonds is 9. The number of hydrogen-bond donors (Lipinski definition) is 1. The molecule has 1 N–H and O–H groups in total. The van der Waals surface area contributed by atoms with Gasteiger partial charge in [0.05, 0.1) is 19.9 Å². The predicted molar refractivity (Wildman–Crippen MR) is 100 cm³/mol. The van der Waals surface area contributed by atoms with Crippen molar-refractivity contribution in [2.75, 3.05) is 27.4 Å². The Hall–Kier alpha value is -2.80. The molecule has 1 aromatic carbocycles. The summed E-state index contributed by atoms with van der Waals surface area (Å²) in [5, 5.41) is 4.01. The summed E-state index contributed by atoms with van der Waals surface area (Å²) in [6.45, 7) is 5.35. The van der Waals surface area contributed by atoms with Crippen LogP contribution >= 0.6 is 0 Å². The van der Waals surface area contributed by atoms with E-state index in [1.54, 1.807) is 44.7 Å². The largest absolute Gasteiger partial charge is 0.497 e. The molecule has 7 nitrogen and oxygen atoms in total. The number of methoxy groups -OCH3 is 2. The third kappa shape index (κ3) is 5.35. The molecule has 0 atom stereocenters. The molecule has 0 aliphatic carbocycles. The van der Waals surface area contributed by atoms with Crippen LogP contribution in [0.1, 0.15) is 17.0 Å². The molecule has 26 heavy (non-hydrogen) atoms. The number of carbonyl (C=O) groups excluding carboxylic acids is 1. The first-order chi connectivity index (χ1) is 12.5. The highest BCUT2D eigenvalue weighted by Crippen LogP contribution is 2.16. The van der Waals surface area contributed by atoms with Crippen LogP contribution in [0.2, 0.25) is 0 Å². The summed E-state index contributed by atoms with van der Waals surface area (Å²) in [5.41, 5.74) is 5.62. The van der Waals surface area contributed by atoms with Crippen molar-refractivity contribution in [3.63, 3.8) is 0 Å². The van der Waals surface area contributed by atoms with Gasteiger partial charge >= 0.3 is 0 Å². The highest BCUT2D eigenvalue weighted by molar-refractivity contribution is 5.84. The van der Waals surface area contributed by atoms with Crippen LogP contribution in [0.5, 0.6) is 11.5 Å². The molecular weight excluding hydrogens is 334 g/mol. The molecule has 0 unspecified atom stereocenters. The average Bonchev–Trinajstić information content (AvgIpc) is 2.92. The Morgan fingerprint density at radius 3 is 2.54 bits per heavy atom. The van der Waals surface area contributed by atoms with Gasteiger partial charge in [-0.25, -0.2) is 5.43 Å². The Morgan fingerprint density at radius 1 is 1.19 bits per heavy atom. The molecule has 0 aliphatic heterocycles. The quantitative estimate of drug-likeness (QED) is 0.551. The van der Waals surface area contributed by atoms with Crippen LogP contribution in [0.25, 0.3) is 0 Å². The number of aryl methyl sites for hydroxylation is 1. The Balaban J connectivity index is 1.84. The molecule has 140 valence electrons. The summed E-state index contributed by atoms with van der Waals surface area (Å²) in [6, 6.07) is 9.04. The van der Waals surface area contributed by atoms with Crippen molar-refractivity contribution in [3.8, 4) is 11.5 Å². The molecule has 0 spiro atoms. The second kappa shape index (κ2) is 9.62. The molecule has 2 rings (SSSR count). The SMILES string of the molecule is COCCn1c(C)cc(/C=N\NC(=O)COc2ccc(OC)cc2)c1C. The summed E-state index contributed by atoms with van der Waals surface area (Å²) < 4.78 is 17.7. The number of ether oxygens (including phenoxy) is 3. The summed E-state index contributed by atoms with van der Waals surface area (Å²) in [5.74, 6) is 0.992. The fourth-order valence-corrected chi connectivity index (χ4v) is 2.51. The van der Waals surface area contributed by atoms with Gasteiger partial charge in [-0.1, -0.05) is 0 Å². The van der Waals surface area contributed by atoms with E-state index in [9.17, 15) is 4.79 Å². The van der Waals surface area contributed by atoms with E-state index < -0.39 is 0 Å². The van der Waals surface area contributed by atoms with Crippen molar-refractivity contribution < 1.29 is 19.0 Å². The lowest BCUT2D eigenvalue weighted by atomic mass is 10.3. The maximum absolute atomic E-state index is 11.8. The van der Waals surface area contributed by atoms with E-state index in [1.165, 1.54) is 0 Å². The van der Waals surface area contributed by atoms with E-state index in [0.29, 0.717) is 12.4 Å². The first kappa shape index (κ1) is 19.5. The summed E-state index contributed by atoms with van der Waals surface area (Å²) in [7, 11) is 3.27. The molecule has 2 aromatic rings. The summed E-state index contributed by atoms with van der Waals surface area (Å²) in [4.78, 5) is 11.8. The zero-order chi connectivity index (χ0) is 18.9. The molecule has 1 aromatic heterocycles. The standard InChI is InChI=1S/C19H25N3O4/c1-14-11-16(15(2)22(14)9-10-24-3)12-20-21-19(23)13-26-18-7-5-17(25-4)6-8-18/h5-8,11-12H,9-10,13H2,1-4H3,(H,21,23)/b20-12-. The van der Waals surface area contributed by atoms with E-state index in [1.807, 2.05) is 19.9 Å². The lowest BCUT2D eigenvalue weighted by molar-refractivity contribution is -0.123. The van der Waals surface area contributed by atoms with Crippen LogP contribution in [-0.2, 0) is 16.1 Å². The van der Waals surface area contributed by atoms with Crippen LogP contribution in [0.3, 0.4) is 0 Å². The molecule has 0 radical (unpaired) electrons. The van der Waals surface area contributed by atoms with E-state index in [0.717, 1.165) is 29.2 Å². The average molecular weight is 359 g/mol. The molecular formula is C19H25N3O4. The number of benzene rings is 1. The number of nitrogens with one attached hydrogen (secondary N) is 1. The van der Waals surface area contributed by atoms with Crippen LogP contribution in [0.4, 0.5) is 0 Å². The topological polar surface area (TPSA) is 74.1 Å². The number of carbonyl (C=O) groups is 1. The van der Waals surface area contributed by atoms with Gasteiger partial charge < -0.3 is 18.8 Å². The lowest BCUT2D eigenvalue weighted by Gasteiger charge is -2.08. The van der Waals surface area contributed by atoms with Crippen molar-refractivity contribution in [1.29, 1.82) is 0 Å². The minimum atomic E-state index is -0.328. The van der Waals surface area contributed by atoms with Crippen LogP contribution in [-0.4, -0.2) is 44.1 Å². The van der Waals surface area contributed by atoms with Crippen LogP contribution in [0, 0.1) is 13.8 Å². The third-order valence-corrected chi connectivity index (χ3v) is 3.95. The maximum atomic E-state index is 11.8. The predicted octanol–water partition coefficient (Wildman–Crippen LogP) is 2.29. The smallest absolute Gasteiger partial charge is 0.277 e. The molecule has 0 fully saturated rings. The van der Waals surface area contributed by atoms with Gasteiger partial charge in [0.1, 0.15) is 11.5 Å². The number of aromatic nitrogens is 1. The van der Waals surface area contributed by atoms with Crippen LogP contribution in [0.15, 0.2) is 35.4 Å². The molecule has 1 heterocycles. The Labute approximate surface area is 153 Å². The fraction of sp³-hybridized carbons (Fsp3) is 0.368. The molecule has 0 saturated heterocycles. The molecule has 1 amide bonds. The Bertz CT molecular complexity index is 751. The first-order valence-corrected chi connectivity index (χ1v) is 8.29. The van der Waals surface area contributed by atoms with Gasteiger partial charge in [0.2, 0.25) is 0 Å². The number of amides is 1. The molecule has 7 heteroatoms. The Kier molecular flexibility index (Phi) is 7.23. The normalized spacial score (nSPS) is 10.9. The zero-order valence-electron chi connectivity index (χ0n) is 15.6. The molecule has 0 saturated carbocycles. The van der Waals surface area contributed by atoms with Crippen molar-refractivity contribution in [2.24, 2.45) is 5.10 Å². The number of hydrazone groups is 1. The molecule has 0 aliphatic rings. The van der Waals surface area contributed by atoms with Gasteiger partial charge in [-0.2, -0.15) is 5.10 Å². The maximum Gasteiger partial charge on any atom is 0.277 e. The van der Waals surface area contributed by atoms with Crippen molar-refractivity contribution in [2.45, 2.75) is 20.4 Å². The minimum absolute atomic E-state index is 0.115. The van der Waals surface area contributed by atoms with Crippen molar-refractivity contribution >= 4 is 12.1 Å². The Morgan fingerprint density at radius 2 is 1.88 bits per heavy atom. The van der Waals surface area contributed by atoms with Crippen molar-refractivity contribution in [3.05, 3.63) is 47.3 Å². The second-order valence-electron chi connectivity index (χ2n) is 5.73. The highest BCUT2D eigenvalue weighted by Gasteiger charge is 2.07. The monoisotopic (exact) mass is 359 g/mol. The minimum Gasteiger partial charge on any atom is -0.497 e. The van der Waals surface area contributed by atoms with E-state index in [2.05, 4.69) is 15.1 Å². The highest BCUT2D eigenvalue weighted by atomic mass is 16.5. The lowest BCUT2D eigenvalue weighted by Crippen LogP contribution is -2.24. The van der Waals surface area contributed by atoms with Gasteiger partial charge in [-0.05, 0) is 44.2 Å². The zero-order valence-corrected chi connectivity index (χ0v) is 15.6. The van der Waals surface area contributed by atoms with Crippen molar-refractivity contribution in [1.82, 2.24) is 9.99 Å². The molecule has 0 bridgehead atoms. The van der Waals surface area contributed by atoms with Gasteiger partial charge in [-0.15, -0.1) is 0 Å². The van der Waals surface area contributed by atoms with E-state index in [4.69, 9.17) is 14.2 Å². The summed E-state index contributed by atoms with van der Waals surface area (Å²) in [6.07, 6.45) is 1.64. The fourth-order valence-electron chi connectivity index (χ4n) is 2.51. The summed E-state index contributed by atoms with van der Waals surface area (Å²) >= 11 is 0. The van der Waals surface area contributed by atoms with Crippen LogP contribution < -0.4 is 14.9 Å². The van der Waals surface area contributed by atoms with Gasteiger partial charge in [-0.3, -0.25) is 4.79 Å². The number of nitrogens with zero attached hydrogens (tertiary/aromatic N) is 2. The van der Waals surface area contributed by atoms with Gasteiger partial charge in [0.25, 0.3) is 5.91 Å². The van der Waals surface area contributed by atoms with Gasteiger partial charge in [0.15, 0.2) is 6.61 Å². The number of hydrogen-bond acceptors (Lipinski definition) is 5.